The quantitative estimate of drug-likeness (QED) is 0.654. The van der Waals surface area contributed by atoms with Crippen molar-refractivity contribution in [1.29, 1.82) is 0 Å². The summed E-state index contributed by atoms with van der Waals surface area (Å²) in [5.74, 6) is -0.318. The molecule has 1 atom stereocenters. The highest BCUT2D eigenvalue weighted by molar-refractivity contribution is 6.40. The molecule has 0 unspecified atom stereocenters. The number of carbonyl (C=O) groups is 2. The molecule has 0 spiro atoms. The molecule has 1 saturated heterocycles. The Morgan fingerprint density at radius 2 is 1.89 bits per heavy atom. The van der Waals surface area contributed by atoms with Crippen LogP contribution in [-0.4, -0.2) is 29.0 Å². The lowest BCUT2D eigenvalue weighted by Crippen LogP contribution is -2.35. The molecule has 2 N–H and O–H groups in total. The molecule has 0 aliphatic carbocycles. The van der Waals surface area contributed by atoms with E-state index in [1.165, 1.54) is 0 Å². The topological polar surface area (TPSA) is 63.1 Å². The van der Waals surface area contributed by atoms with Gasteiger partial charge in [0.15, 0.2) is 0 Å². The van der Waals surface area contributed by atoms with E-state index in [1.807, 2.05) is 25.1 Å². The molecule has 1 aliphatic heterocycles. The first kappa shape index (κ1) is 19.0. The van der Waals surface area contributed by atoms with Gasteiger partial charge in [-0.1, -0.05) is 29.3 Å². The number of aryl methyl sites for hydroxylation is 1. The van der Waals surface area contributed by atoms with Gasteiger partial charge in [0.1, 0.15) is 0 Å². The van der Waals surface area contributed by atoms with E-state index in [-0.39, 0.29) is 23.4 Å². The molecule has 5 nitrogen and oxygen atoms in total. The zero-order valence-electron chi connectivity index (χ0n) is 15.3. The van der Waals surface area contributed by atoms with Gasteiger partial charge in [0.05, 0.1) is 27.2 Å². The predicted molar refractivity (Wildman–Crippen MR) is 113 cm³/mol. The van der Waals surface area contributed by atoms with Crippen molar-refractivity contribution in [2.75, 3.05) is 11.9 Å². The lowest BCUT2D eigenvalue weighted by molar-refractivity contribution is -0.117. The molecule has 1 amide bonds. The lowest BCUT2D eigenvalue weighted by atomic mass is 10.2. The maximum absolute atomic E-state index is 13.1. The summed E-state index contributed by atoms with van der Waals surface area (Å²) in [5, 5.41) is 7.61. The molecule has 3 aromatic rings. The molecule has 1 aliphatic rings. The highest BCUT2D eigenvalue weighted by Crippen LogP contribution is 2.29. The number of hydrogen-bond donors (Lipinski definition) is 2. The first-order chi connectivity index (χ1) is 13.5. The van der Waals surface area contributed by atoms with Crippen LogP contribution in [0.3, 0.4) is 0 Å². The fourth-order valence-corrected chi connectivity index (χ4v) is 4.21. The predicted octanol–water partition coefficient (Wildman–Crippen LogP) is 4.64. The normalized spacial score (nSPS) is 16.5. The molecule has 28 heavy (non-hydrogen) atoms. The maximum atomic E-state index is 13.1. The Bertz CT molecular complexity index is 1060. The number of benzene rings is 2. The van der Waals surface area contributed by atoms with E-state index < -0.39 is 0 Å². The average molecular weight is 416 g/mol. The second-order valence-electron chi connectivity index (χ2n) is 6.93. The summed E-state index contributed by atoms with van der Waals surface area (Å²) in [6.45, 7) is 2.72. The van der Waals surface area contributed by atoms with Crippen LogP contribution in [0.15, 0.2) is 42.5 Å². The summed E-state index contributed by atoms with van der Waals surface area (Å²) < 4.78 is 1.59. The van der Waals surface area contributed by atoms with Crippen LogP contribution in [0.1, 0.15) is 28.9 Å². The van der Waals surface area contributed by atoms with Gasteiger partial charge in [-0.15, -0.1) is 0 Å². The molecule has 0 saturated carbocycles. The molecular formula is C21H19Cl2N3O2. The fraction of sp³-hybridized carbons (Fsp3) is 0.238. The van der Waals surface area contributed by atoms with Gasteiger partial charge in [-0.05, 0) is 62.7 Å². The van der Waals surface area contributed by atoms with Gasteiger partial charge in [0.2, 0.25) is 5.91 Å². The number of anilines is 1. The third-order valence-electron chi connectivity index (χ3n) is 5.01. The summed E-state index contributed by atoms with van der Waals surface area (Å²) in [4.78, 5) is 25.5. The van der Waals surface area contributed by atoms with Crippen molar-refractivity contribution >= 4 is 51.6 Å². The molecule has 1 fully saturated rings. The second-order valence-corrected chi connectivity index (χ2v) is 7.75. The van der Waals surface area contributed by atoms with E-state index in [1.54, 1.807) is 28.8 Å². The molecule has 0 bridgehead atoms. The van der Waals surface area contributed by atoms with Crippen molar-refractivity contribution in [3.63, 3.8) is 0 Å². The number of halogens is 2. The van der Waals surface area contributed by atoms with E-state index in [9.17, 15) is 9.59 Å². The number of amides is 1. The molecule has 144 valence electrons. The maximum Gasteiger partial charge on any atom is 0.265 e. The number of rotatable bonds is 3. The van der Waals surface area contributed by atoms with Crippen LogP contribution >= 0.6 is 23.2 Å². The number of aromatic nitrogens is 1. The first-order valence-electron chi connectivity index (χ1n) is 9.11. The Balaban J connectivity index is 1.68. The molecule has 4 rings (SSSR count). The van der Waals surface area contributed by atoms with E-state index in [0.29, 0.717) is 15.7 Å². The molecule has 0 radical (unpaired) electrons. The van der Waals surface area contributed by atoms with Gasteiger partial charge in [-0.2, -0.15) is 0 Å². The van der Waals surface area contributed by atoms with Crippen molar-refractivity contribution < 1.29 is 9.59 Å². The van der Waals surface area contributed by atoms with Gasteiger partial charge in [0.25, 0.3) is 5.91 Å². The van der Waals surface area contributed by atoms with Crippen LogP contribution in [-0.2, 0) is 4.79 Å². The highest BCUT2D eigenvalue weighted by atomic mass is 35.5. The third kappa shape index (κ3) is 3.41. The van der Waals surface area contributed by atoms with Crippen LogP contribution in [0, 0.1) is 6.92 Å². The zero-order valence-corrected chi connectivity index (χ0v) is 16.8. The largest absolute Gasteiger partial charge is 0.325 e. The summed E-state index contributed by atoms with van der Waals surface area (Å²) in [7, 11) is 0. The SMILES string of the molecule is Cc1cc2cc(NC(=O)[C@H]3CCCN3)ccc2n1C(=O)c1c(Cl)cccc1Cl. The highest BCUT2D eigenvalue weighted by Gasteiger charge is 2.23. The van der Waals surface area contributed by atoms with Gasteiger partial charge in [-0.3, -0.25) is 14.2 Å². The van der Waals surface area contributed by atoms with Gasteiger partial charge < -0.3 is 10.6 Å². The summed E-state index contributed by atoms with van der Waals surface area (Å²) in [6.07, 6.45) is 1.85. The van der Waals surface area contributed by atoms with Crippen LogP contribution in [0.2, 0.25) is 10.0 Å². The van der Waals surface area contributed by atoms with Crippen LogP contribution < -0.4 is 10.6 Å². The zero-order chi connectivity index (χ0) is 19.8. The van der Waals surface area contributed by atoms with E-state index in [2.05, 4.69) is 10.6 Å². The van der Waals surface area contributed by atoms with Crippen molar-refractivity contribution in [3.8, 4) is 0 Å². The molecule has 2 heterocycles. The van der Waals surface area contributed by atoms with Gasteiger partial charge >= 0.3 is 0 Å². The minimum Gasteiger partial charge on any atom is -0.325 e. The lowest BCUT2D eigenvalue weighted by Gasteiger charge is -2.12. The Morgan fingerprint density at radius 3 is 2.57 bits per heavy atom. The van der Waals surface area contributed by atoms with E-state index in [0.717, 1.165) is 36.0 Å². The van der Waals surface area contributed by atoms with Crippen molar-refractivity contribution in [2.24, 2.45) is 0 Å². The summed E-state index contributed by atoms with van der Waals surface area (Å²) in [6, 6.07) is 12.2. The molecule has 2 aromatic carbocycles. The monoisotopic (exact) mass is 415 g/mol. The Labute approximate surface area is 172 Å². The molecule has 1 aromatic heterocycles. The van der Waals surface area contributed by atoms with E-state index in [4.69, 9.17) is 23.2 Å². The Hall–Kier alpha value is -2.34. The average Bonchev–Trinajstić information content (AvgIpc) is 3.28. The van der Waals surface area contributed by atoms with Crippen LogP contribution in [0.25, 0.3) is 10.9 Å². The number of nitrogens with one attached hydrogen (secondary N) is 2. The van der Waals surface area contributed by atoms with Gasteiger partial charge in [-0.25, -0.2) is 0 Å². The molecular weight excluding hydrogens is 397 g/mol. The number of fused-ring (bicyclic) bond motifs is 1. The molecule has 7 heteroatoms. The Morgan fingerprint density at radius 1 is 1.14 bits per heavy atom. The van der Waals surface area contributed by atoms with Crippen molar-refractivity contribution in [1.82, 2.24) is 9.88 Å². The third-order valence-corrected chi connectivity index (χ3v) is 5.64. The number of nitrogens with zero attached hydrogens (tertiary/aromatic N) is 1. The van der Waals surface area contributed by atoms with Crippen molar-refractivity contribution in [3.05, 3.63) is 63.8 Å². The fourth-order valence-electron chi connectivity index (χ4n) is 3.65. The van der Waals surface area contributed by atoms with Crippen molar-refractivity contribution in [2.45, 2.75) is 25.8 Å². The first-order valence-corrected chi connectivity index (χ1v) is 9.86. The summed E-state index contributed by atoms with van der Waals surface area (Å²) in [5.41, 5.74) is 2.47. The van der Waals surface area contributed by atoms with Crippen LogP contribution in [0.5, 0.6) is 0 Å². The Kier molecular flexibility index (Phi) is 5.15. The minimum absolute atomic E-state index is 0.0352. The smallest absolute Gasteiger partial charge is 0.265 e. The standard InChI is InChI=1S/C21H19Cl2N3O2/c1-12-10-13-11-14(25-20(27)17-6-3-9-24-17)7-8-18(13)26(12)21(28)19-15(22)4-2-5-16(19)23/h2,4-5,7-8,10-11,17,24H,3,6,9H2,1H3,(H,25,27)/t17-/m1/s1. The van der Waals surface area contributed by atoms with Gasteiger partial charge in [0, 0.05) is 16.8 Å². The second kappa shape index (κ2) is 7.59. The van der Waals surface area contributed by atoms with Crippen LogP contribution in [0.4, 0.5) is 5.69 Å². The summed E-state index contributed by atoms with van der Waals surface area (Å²) >= 11 is 12.4. The number of carbonyl (C=O) groups excluding carboxylic acids is 2. The number of hydrogen-bond acceptors (Lipinski definition) is 3. The van der Waals surface area contributed by atoms with E-state index >= 15 is 0 Å². The minimum atomic E-state index is -0.282.